The largest absolute Gasteiger partial charge is 0.496 e. The second-order valence-electron chi connectivity index (χ2n) is 5.50. The van der Waals surface area contributed by atoms with Crippen LogP contribution >= 0.6 is 0 Å². The van der Waals surface area contributed by atoms with Crippen molar-refractivity contribution in [2.75, 3.05) is 7.11 Å². The van der Waals surface area contributed by atoms with Crippen LogP contribution in [-0.4, -0.2) is 13.2 Å². The smallest absolute Gasteiger partial charge is 0.122 e. The zero-order valence-corrected chi connectivity index (χ0v) is 13.0. The first-order valence-corrected chi connectivity index (χ1v) is 7.28. The molecule has 112 valence electrons. The zero-order chi connectivity index (χ0) is 15.2. The molecule has 0 spiro atoms. The molecule has 0 amide bonds. The molecule has 0 aliphatic carbocycles. The van der Waals surface area contributed by atoms with E-state index in [1.165, 1.54) is 22.3 Å². The lowest BCUT2D eigenvalue weighted by atomic mass is 9.97. The lowest BCUT2D eigenvalue weighted by Gasteiger charge is -2.18. The van der Waals surface area contributed by atoms with Crippen LogP contribution in [-0.2, 0) is 12.8 Å². The average molecular weight is 284 g/mol. The number of methoxy groups -OCH3 is 1. The number of ether oxygens (including phenoxy) is 1. The number of rotatable bonds is 6. The molecule has 2 aromatic carbocycles. The Morgan fingerprint density at radius 1 is 1.05 bits per heavy atom. The summed E-state index contributed by atoms with van der Waals surface area (Å²) in [6.07, 6.45) is 1.74. The van der Waals surface area contributed by atoms with Crippen molar-refractivity contribution in [1.82, 2.24) is 5.43 Å². The van der Waals surface area contributed by atoms with Crippen molar-refractivity contribution in [1.29, 1.82) is 0 Å². The van der Waals surface area contributed by atoms with Gasteiger partial charge in [0.15, 0.2) is 0 Å². The molecule has 3 heteroatoms. The molecule has 0 bridgehead atoms. The van der Waals surface area contributed by atoms with Crippen molar-refractivity contribution in [2.45, 2.75) is 32.7 Å². The Morgan fingerprint density at radius 2 is 1.81 bits per heavy atom. The Bertz CT molecular complexity index is 596. The molecule has 0 heterocycles. The summed E-state index contributed by atoms with van der Waals surface area (Å²) >= 11 is 0. The van der Waals surface area contributed by atoms with Gasteiger partial charge in [0.2, 0.25) is 0 Å². The summed E-state index contributed by atoms with van der Waals surface area (Å²) in [5, 5.41) is 0. The Balaban J connectivity index is 2.11. The van der Waals surface area contributed by atoms with Crippen molar-refractivity contribution in [3.05, 3.63) is 64.7 Å². The van der Waals surface area contributed by atoms with Crippen LogP contribution in [0.3, 0.4) is 0 Å². The summed E-state index contributed by atoms with van der Waals surface area (Å²) in [5.41, 5.74) is 8.04. The van der Waals surface area contributed by atoms with Crippen molar-refractivity contribution < 1.29 is 4.74 Å². The fourth-order valence-electron chi connectivity index (χ4n) is 2.54. The van der Waals surface area contributed by atoms with E-state index in [4.69, 9.17) is 10.6 Å². The average Bonchev–Trinajstić information content (AvgIpc) is 2.50. The number of nitrogens with one attached hydrogen (secondary N) is 1. The maximum Gasteiger partial charge on any atom is 0.122 e. The number of nitrogens with two attached hydrogens (primary N) is 1. The van der Waals surface area contributed by atoms with Gasteiger partial charge in [-0.1, -0.05) is 36.4 Å². The third kappa shape index (κ3) is 4.06. The fourth-order valence-corrected chi connectivity index (χ4v) is 2.54. The summed E-state index contributed by atoms with van der Waals surface area (Å²) in [4.78, 5) is 0. The second kappa shape index (κ2) is 7.25. The van der Waals surface area contributed by atoms with Gasteiger partial charge in [-0.05, 0) is 55.0 Å². The lowest BCUT2D eigenvalue weighted by molar-refractivity contribution is 0.404. The van der Waals surface area contributed by atoms with E-state index in [2.05, 4.69) is 43.5 Å². The van der Waals surface area contributed by atoms with Gasteiger partial charge in [0, 0.05) is 6.04 Å². The Hall–Kier alpha value is -1.84. The van der Waals surface area contributed by atoms with E-state index in [0.717, 1.165) is 18.6 Å². The van der Waals surface area contributed by atoms with E-state index in [0.29, 0.717) is 0 Å². The van der Waals surface area contributed by atoms with Crippen LogP contribution in [0.2, 0.25) is 0 Å². The topological polar surface area (TPSA) is 47.3 Å². The molecule has 0 saturated carbocycles. The molecule has 2 rings (SSSR count). The highest BCUT2D eigenvalue weighted by atomic mass is 16.5. The summed E-state index contributed by atoms with van der Waals surface area (Å²) < 4.78 is 5.41. The van der Waals surface area contributed by atoms with Gasteiger partial charge in [0.05, 0.1) is 7.11 Å². The molecular formula is C18H24N2O. The van der Waals surface area contributed by atoms with E-state index in [1.807, 2.05) is 18.2 Å². The van der Waals surface area contributed by atoms with Gasteiger partial charge in [-0.2, -0.15) is 0 Å². The van der Waals surface area contributed by atoms with E-state index < -0.39 is 0 Å². The van der Waals surface area contributed by atoms with Gasteiger partial charge in [0.25, 0.3) is 0 Å². The van der Waals surface area contributed by atoms with Gasteiger partial charge >= 0.3 is 0 Å². The fraction of sp³-hybridized carbons (Fsp3) is 0.333. The van der Waals surface area contributed by atoms with E-state index >= 15 is 0 Å². The highest BCUT2D eigenvalue weighted by Gasteiger charge is 2.12. The number of aryl methyl sites for hydroxylation is 2. The van der Waals surface area contributed by atoms with Gasteiger partial charge in [-0.25, -0.2) is 0 Å². The highest BCUT2D eigenvalue weighted by molar-refractivity contribution is 5.35. The number of benzene rings is 2. The number of hydrazine groups is 1. The highest BCUT2D eigenvalue weighted by Crippen LogP contribution is 2.20. The van der Waals surface area contributed by atoms with Crippen molar-refractivity contribution in [2.24, 2.45) is 5.84 Å². The SMILES string of the molecule is COc1ccccc1CC(Cc1ccc(C)c(C)c1)NN. The molecule has 0 aliphatic heterocycles. The monoisotopic (exact) mass is 284 g/mol. The summed E-state index contributed by atoms with van der Waals surface area (Å²) in [5.74, 6) is 6.65. The molecule has 1 atom stereocenters. The van der Waals surface area contributed by atoms with Gasteiger partial charge in [0.1, 0.15) is 5.75 Å². The normalized spacial score (nSPS) is 12.2. The Kier molecular flexibility index (Phi) is 5.37. The van der Waals surface area contributed by atoms with Crippen LogP contribution < -0.4 is 16.0 Å². The summed E-state index contributed by atoms with van der Waals surface area (Å²) in [6, 6.07) is 14.8. The first-order valence-electron chi connectivity index (χ1n) is 7.28. The zero-order valence-electron chi connectivity index (χ0n) is 13.0. The molecule has 0 fully saturated rings. The van der Waals surface area contributed by atoms with E-state index in [-0.39, 0.29) is 6.04 Å². The Labute approximate surface area is 127 Å². The maximum absolute atomic E-state index is 5.74. The van der Waals surface area contributed by atoms with Crippen LogP contribution in [0, 0.1) is 13.8 Å². The molecule has 0 aromatic heterocycles. The van der Waals surface area contributed by atoms with Crippen LogP contribution in [0.1, 0.15) is 22.3 Å². The third-order valence-corrected chi connectivity index (χ3v) is 3.95. The second-order valence-corrected chi connectivity index (χ2v) is 5.50. The minimum atomic E-state index is 0.184. The number of hydrogen-bond acceptors (Lipinski definition) is 3. The molecule has 3 nitrogen and oxygen atoms in total. The predicted molar refractivity (Wildman–Crippen MR) is 87.4 cm³/mol. The molecule has 0 radical (unpaired) electrons. The van der Waals surface area contributed by atoms with Gasteiger partial charge in [-0.3, -0.25) is 11.3 Å². The maximum atomic E-state index is 5.74. The van der Waals surface area contributed by atoms with Crippen LogP contribution in [0.15, 0.2) is 42.5 Å². The van der Waals surface area contributed by atoms with Crippen molar-refractivity contribution in [3.63, 3.8) is 0 Å². The Morgan fingerprint density at radius 3 is 2.48 bits per heavy atom. The molecule has 2 aromatic rings. The van der Waals surface area contributed by atoms with Crippen LogP contribution in [0.25, 0.3) is 0 Å². The summed E-state index contributed by atoms with van der Waals surface area (Å²) in [6.45, 7) is 4.27. The predicted octanol–water partition coefficient (Wildman–Crippen LogP) is 2.93. The van der Waals surface area contributed by atoms with Crippen molar-refractivity contribution >= 4 is 0 Å². The first-order chi connectivity index (χ1) is 10.1. The number of hydrogen-bond donors (Lipinski definition) is 2. The standard InChI is InChI=1S/C18H24N2O/c1-13-8-9-15(10-14(13)2)11-17(20-19)12-16-6-4-5-7-18(16)21-3/h4-10,17,20H,11-12,19H2,1-3H3. The number of para-hydroxylation sites is 1. The molecule has 3 N–H and O–H groups in total. The molecule has 0 aliphatic rings. The molecule has 1 unspecified atom stereocenters. The van der Waals surface area contributed by atoms with Gasteiger partial charge in [-0.15, -0.1) is 0 Å². The first kappa shape index (κ1) is 15.5. The van der Waals surface area contributed by atoms with E-state index in [1.54, 1.807) is 7.11 Å². The summed E-state index contributed by atoms with van der Waals surface area (Å²) in [7, 11) is 1.70. The minimum absolute atomic E-state index is 0.184. The van der Waals surface area contributed by atoms with Gasteiger partial charge < -0.3 is 4.74 Å². The van der Waals surface area contributed by atoms with E-state index in [9.17, 15) is 0 Å². The quantitative estimate of drug-likeness (QED) is 0.633. The minimum Gasteiger partial charge on any atom is -0.496 e. The lowest BCUT2D eigenvalue weighted by Crippen LogP contribution is -2.38. The van der Waals surface area contributed by atoms with Crippen molar-refractivity contribution in [3.8, 4) is 5.75 Å². The molecule has 0 saturated heterocycles. The molecule has 21 heavy (non-hydrogen) atoms. The van der Waals surface area contributed by atoms with Crippen LogP contribution in [0.5, 0.6) is 5.75 Å². The van der Waals surface area contributed by atoms with Crippen LogP contribution in [0.4, 0.5) is 0 Å². The third-order valence-electron chi connectivity index (χ3n) is 3.95. The molecular weight excluding hydrogens is 260 g/mol.